The number of rotatable bonds is 6. The molecule has 1 unspecified atom stereocenters. The monoisotopic (exact) mass is 480 g/mol. The lowest BCUT2D eigenvalue weighted by molar-refractivity contribution is -0.137. The molecule has 0 fully saturated rings. The van der Waals surface area contributed by atoms with E-state index >= 15 is 0 Å². The number of alkyl halides is 3. The third-order valence-corrected chi connectivity index (χ3v) is 4.71. The van der Waals surface area contributed by atoms with Gasteiger partial charge in [0.2, 0.25) is 0 Å². The van der Waals surface area contributed by atoms with Gasteiger partial charge in [0.1, 0.15) is 11.6 Å². The summed E-state index contributed by atoms with van der Waals surface area (Å²) in [6.45, 7) is 1.38. The minimum Gasteiger partial charge on any atom is -0.481 e. The van der Waals surface area contributed by atoms with Crippen LogP contribution in [-0.4, -0.2) is 17.9 Å². The van der Waals surface area contributed by atoms with E-state index in [-0.39, 0.29) is 11.3 Å². The minimum absolute atomic E-state index is 0.223. The van der Waals surface area contributed by atoms with Crippen LogP contribution in [-0.2, 0) is 11.0 Å². The average Bonchev–Trinajstić information content (AvgIpc) is 2.75. The first-order valence-corrected chi connectivity index (χ1v) is 9.92. The van der Waals surface area contributed by atoms with Crippen LogP contribution < -0.4 is 15.4 Å². The van der Waals surface area contributed by atoms with E-state index in [4.69, 9.17) is 16.3 Å². The van der Waals surface area contributed by atoms with Crippen LogP contribution >= 0.6 is 11.6 Å². The van der Waals surface area contributed by atoms with Crippen molar-refractivity contribution in [1.29, 1.82) is 0 Å². The molecule has 0 heterocycles. The van der Waals surface area contributed by atoms with Gasteiger partial charge < -0.3 is 15.4 Å². The summed E-state index contributed by atoms with van der Waals surface area (Å²) >= 11 is 5.78. The van der Waals surface area contributed by atoms with Crippen LogP contribution in [0, 0.1) is 5.82 Å². The highest BCUT2D eigenvalue weighted by Crippen LogP contribution is 2.37. The number of anilines is 2. The summed E-state index contributed by atoms with van der Waals surface area (Å²) in [6.07, 6.45) is -5.96. The number of hydrogen-bond donors (Lipinski definition) is 2. The zero-order valence-corrected chi connectivity index (χ0v) is 17.8. The van der Waals surface area contributed by atoms with Crippen molar-refractivity contribution in [3.05, 3.63) is 88.7 Å². The number of nitrogens with one attached hydrogen (secondary N) is 2. The Morgan fingerprint density at radius 3 is 2.27 bits per heavy atom. The number of ether oxygens (including phenoxy) is 1. The van der Waals surface area contributed by atoms with Gasteiger partial charge in [-0.15, -0.1) is 0 Å². The van der Waals surface area contributed by atoms with E-state index < -0.39 is 41.2 Å². The van der Waals surface area contributed by atoms with Crippen molar-refractivity contribution in [1.82, 2.24) is 0 Å². The standard InChI is InChI=1S/C23H17ClF4N2O3/c1-13(33-16-9-6-14(24)7-10-16)21(31)30-20-11-8-15(12-18(20)23(26,27)28)29-22(32)17-4-2-3-5-19(17)25/h2-13H,1H3,(H,29,32)(H,30,31). The number of carbonyl (C=O) groups is 2. The molecule has 0 aromatic heterocycles. The van der Waals surface area contributed by atoms with Gasteiger partial charge in [0, 0.05) is 10.7 Å². The molecule has 10 heteroatoms. The zero-order chi connectivity index (χ0) is 24.2. The first-order chi connectivity index (χ1) is 15.5. The predicted molar refractivity (Wildman–Crippen MR) is 116 cm³/mol. The summed E-state index contributed by atoms with van der Waals surface area (Å²) in [4.78, 5) is 24.6. The molecule has 0 aliphatic carbocycles. The first kappa shape index (κ1) is 24.1. The van der Waals surface area contributed by atoms with Gasteiger partial charge in [-0.05, 0) is 61.5 Å². The van der Waals surface area contributed by atoms with E-state index in [9.17, 15) is 27.2 Å². The van der Waals surface area contributed by atoms with E-state index in [0.29, 0.717) is 16.8 Å². The summed E-state index contributed by atoms with van der Waals surface area (Å²) < 4.78 is 60.0. The highest BCUT2D eigenvalue weighted by atomic mass is 35.5. The Bertz CT molecular complexity index is 1170. The first-order valence-electron chi connectivity index (χ1n) is 9.55. The lowest BCUT2D eigenvalue weighted by Crippen LogP contribution is -2.31. The summed E-state index contributed by atoms with van der Waals surface area (Å²) in [5.74, 6) is -2.24. The molecule has 1 atom stereocenters. The maximum Gasteiger partial charge on any atom is 0.418 e. The van der Waals surface area contributed by atoms with Gasteiger partial charge >= 0.3 is 6.18 Å². The number of benzene rings is 3. The molecule has 0 aliphatic heterocycles. The van der Waals surface area contributed by atoms with E-state index in [1.165, 1.54) is 49.4 Å². The van der Waals surface area contributed by atoms with Crippen LogP contribution in [0.1, 0.15) is 22.8 Å². The number of amides is 2. The molecule has 2 amide bonds. The summed E-state index contributed by atoms with van der Waals surface area (Å²) in [6, 6.07) is 14.0. The molecule has 0 spiro atoms. The van der Waals surface area contributed by atoms with Crippen molar-refractivity contribution in [3.63, 3.8) is 0 Å². The highest BCUT2D eigenvalue weighted by molar-refractivity contribution is 6.30. The van der Waals surface area contributed by atoms with Gasteiger partial charge in [-0.2, -0.15) is 13.2 Å². The van der Waals surface area contributed by atoms with Crippen LogP contribution in [0.5, 0.6) is 5.75 Å². The topological polar surface area (TPSA) is 67.4 Å². The third-order valence-electron chi connectivity index (χ3n) is 4.45. The van der Waals surface area contributed by atoms with Crippen molar-refractivity contribution in [3.8, 4) is 5.75 Å². The molecule has 0 saturated carbocycles. The smallest absolute Gasteiger partial charge is 0.418 e. The summed E-state index contributed by atoms with van der Waals surface area (Å²) in [7, 11) is 0. The van der Waals surface area contributed by atoms with Crippen LogP contribution in [0.2, 0.25) is 5.02 Å². The highest BCUT2D eigenvalue weighted by Gasteiger charge is 2.35. The Labute approximate surface area is 191 Å². The van der Waals surface area contributed by atoms with Gasteiger partial charge in [-0.3, -0.25) is 9.59 Å². The van der Waals surface area contributed by atoms with Gasteiger partial charge in [-0.25, -0.2) is 4.39 Å². The van der Waals surface area contributed by atoms with Crippen molar-refractivity contribution in [2.75, 3.05) is 10.6 Å². The fourth-order valence-corrected chi connectivity index (χ4v) is 2.94. The molecule has 0 radical (unpaired) electrons. The van der Waals surface area contributed by atoms with Crippen LogP contribution in [0.15, 0.2) is 66.7 Å². The minimum atomic E-state index is -4.85. The lowest BCUT2D eigenvalue weighted by Gasteiger charge is -2.18. The van der Waals surface area contributed by atoms with Crippen LogP contribution in [0.3, 0.4) is 0 Å². The van der Waals surface area contributed by atoms with Crippen LogP contribution in [0.25, 0.3) is 0 Å². The van der Waals surface area contributed by atoms with E-state index in [1.807, 2.05) is 0 Å². The van der Waals surface area contributed by atoms with E-state index in [0.717, 1.165) is 18.2 Å². The second-order valence-electron chi connectivity index (χ2n) is 6.90. The van der Waals surface area contributed by atoms with Gasteiger partial charge in [0.05, 0.1) is 16.8 Å². The van der Waals surface area contributed by atoms with Gasteiger partial charge in [-0.1, -0.05) is 23.7 Å². The Hall–Kier alpha value is -3.59. The zero-order valence-electron chi connectivity index (χ0n) is 17.0. The Morgan fingerprint density at radius 1 is 0.970 bits per heavy atom. The average molecular weight is 481 g/mol. The molecular weight excluding hydrogens is 464 g/mol. The fraction of sp³-hybridized carbons (Fsp3) is 0.130. The largest absolute Gasteiger partial charge is 0.481 e. The molecule has 3 rings (SSSR count). The van der Waals surface area contributed by atoms with Gasteiger partial charge in [0.15, 0.2) is 6.10 Å². The summed E-state index contributed by atoms with van der Waals surface area (Å²) in [5, 5.41) is 4.87. The number of carbonyl (C=O) groups excluding carboxylic acids is 2. The number of hydrogen-bond acceptors (Lipinski definition) is 3. The molecule has 0 bridgehead atoms. The quantitative estimate of drug-likeness (QED) is 0.415. The normalized spacial score (nSPS) is 12.1. The molecule has 172 valence electrons. The molecule has 0 aliphatic rings. The molecule has 3 aromatic rings. The van der Waals surface area contributed by atoms with Crippen molar-refractivity contribution >= 4 is 34.8 Å². The SMILES string of the molecule is CC(Oc1ccc(Cl)cc1)C(=O)Nc1ccc(NC(=O)c2ccccc2F)cc1C(F)(F)F. The third kappa shape index (κ3) is 6.23. The predicted octanol–water partition coefficient (Wildman–Crippen LogP) is 6.16. The Morgan fingerprint density at radius 2 is 1.64 bits per heavy atom. The Kier molecular flexibility index (Phi) is 7.23. The maximum absolute atomic E-state index is 13.8. The van der Waals surface area contributed by atoms with E-state index in [2.05, 4.69) is 10.6 Å². The Balaban J connectivity index is 1.77. The summed E-state index contributed by atoms with van der Waals surface area (Å²) in [5.41, 5.74) is -2.26. The second kappa shape index (κ2) is 9.91. The molecular formula is C23H17ClF4N2O3. The molecule has 5 nitrogen and oxygen atoms in total. The molecule has 0 saturated heterocycles. The fourth-order valence-electron chi connectivity index (χ4n) is 2.81. The lowest BCUT2D eigenvalue weighted by atomic mass is 10.1. The molecule has 2 N–H and O–H groups in total. The molecule has 33 heavy (non-hydrogen) atoms. The van der Waals surface area contributed by atoms with Gasteiger partial charge in [0.25, 0.3) is 11.8 Å². The van der Waals surface area contributed by atoms with Crippen molar-refractivity contribution in [2.24, 2.45) is 0 Å². The molecule has 3 aromatic carbocycles. The number of halogens is 5. The van der Waals surface area contributed by atoms with Crippen LogP contribution in [0.4, 0.5) is 28.9 Å². The second-order valence-corrected chi connectivity index (χ2v) is 7.33. The maximum atomic E-state index is 13.8. The van der Waals surface area contributed by atoms with Crippen molar-refractivity contribution in [2.45, 2.75) is 19.2 Å². The van der Waals surface area contributed by atoms with E-state index in [1.54, 1.807) is 0 Å². The van der Waals surface area contributed by atoms with Crippen molar-refractivity contribution < 1.29 is 31.9 Å².